The number of nitrogens with zero attached hydrogens (tertiary/aromatic N) is 5. The molecule has 7 rings (SSSR count). The number of amides is 1. The van der Waals surface area contributed by atoms with Gasteiger partial charge in [0.2, 0.25) is 5.91 Å². The van der Waals surface area contributed by atoms with Crippen molar-refractivity contribution in [2.45, 2.75) is 65.5 Å². The Labute approximate surface area is 236 Å². The molecule has 2 aromatic carbocycles. The maximum absolute atomic E-state index is 12.2. The second kappa shape index (κ2) is 9.65. The molecule has 1 saturated carbocycles. The molecule has 3 aliphatic rings. The highest BCUT2D eigenvalue weighted by molar-refractivity contribution is 5.96. The Kier molecular flexibility index (Phi) is 6.06. The van der Waals surface area contributed by atoms with Gasteiger partial charge in [0.1, 0.15) is 5.82 Å². The van der Waals surface area contributed by atoms with Crippen LogP contribution < -0.4 is 9.80 Å². The molecule has 40 heavy (non-hydrogen) atoms. The quantitative estimate of drug-likeness (QED) is 0.362. The molecule has 0 radical (unpaired) electrons. The lowest BCUT2D eigenvalue weighted by atomic mass is 9.99. The van der Waals surface area contributed by atoms with Crippen LogP contribution in [0, 0.1) is 13.8 Å². The molecule has 1 aliphatic carbocycles. The molecular formula is C33H38N6O. The lowest BCUT2D eigenvalue weighted by Gasteiger charge is -2.42. The molecule has 0 bridgehead atoms. The lowest BCUT2D eigenvalue weighted by Crippen LogP contribution is -2.54. The van der Waals surface area contributed by atoms with E-state index in [0.29, 0.717) is 13.1 Å². The van der Waals surface area contributed by atoms with E-state index in [1.165, 1.54) is 46.2 Å². The number of fused-ring (bicyclic) bond motifs is 2. The molecule has 0 unspecified atom stereocenters. The first kappa shape index (κ1) is 25.1. The SMILES string of the molecule is CC(=O)N1CCN(c2nc(-c3cccc4[nH]cc(C)c34)nc3c2CN(c2cc(C4CC4)ccc2C)CC3)[C@H](C)C1. The van der Waals surface area contributed by atoms with Crippen LogP contribution in [0.1, 0.15) is 60.6 Å². The zero-order valence-corrected chi connectivity index (χ0v) is 24.0. The summed E-state index contributed by atoms with van der Waals surface area (Å²) >= 11 is 0. The third-order valence-corrected chi connectivity index (χ3v) is 9.15. The number of rotatable bonds is 4. The number of hydrogen-bond acceptors (Lipinski definition) is 5. The number of aromatic nitrogens is 3. The minimum absolute atomic E-state index is 0.142. The highest BCUT2D eigenvalue weighted by Crippen LogP contribution is 2.43. The number of aryl methyl sites for hydroxylation is 2. The molecule has 206 valence electrons. The molecule has 2 fully saturated rings. The number of carbonyl (C=O) groups excluding carboxylic acids is 1. The third kappa shape index (κ3) is 4.32. The van der Waals surface area contributed by atoms with Crippen molar-refractivity contribution in [2.75, 3.05) is 36.0 Å². The number of nitrogens with one attached hydrogen (secondary N) is 1. The Morgan fingerprint density at radius 2 is 1.88 bits per heavy atom. The molecule has 4 aromatic rings. The largest absolute Gasteiger partial charge is 0.366 e. The van der Waals surface area contributed by atoms with Gasteiger partial charge >= 0.3 is 0 Å². The van der Waals surface area contributed by atoms with Gasteiger partial charge in [-0.05, 0) is 68.4 Å². The average molecular weight is 535 g/mol. The normalized spacial score (nSPS) is 19.3. The fraction of sp³-hybridized carbons (Fsp3) is 0.424. The fourth-order valence-corrected chi connectivity index (χ4v) is 6.70. The molecule has 7 nitrogen and oxygen atoms in total. The van der Waals surface area contributed by atoms with E-state index >= 15 is 0 Å². The first-order chi connectivity index (χ1) is 19.4. The van der Waals surface area contributed by atoms with Crippen molar-refractivity contribution in [2.24, 2.45) is 0 Å². The first-order valence-electron chi connectivity index (χ1n) is 14.7. The molecule has 0 spiro atoms. The van der Waals surface area contributed by atoms with Crippen molar-refractivity contribution >= 4 is 28.3 Å². The Hall–Kier alpha value is -3.87. The van der Waals surface area contributed by atoms with E-state index in [9.17, 15) is 4.79 Å². The van der Waals surface area contributed by atoms with Crippen LogP contribution in [0.3, 0.4) is 0 Å². The monoisotopic (exact) mass is 534 g/mol. The zero-order valence-electron chi connectivity index (χ0n) is 24.0. The van der Waals surface area contributed by atoms with Crippen LogP contribution in [0.5, 0.6) is 0 Å². The second-order valence-electron chi connectivity index (χ2n) is 12.0. The van der Waals surface area contributed by atoms with E-state index in [0.717, 1.165) is 60.4 Å². The number of benzene rings is 2. The molecule has 1 atom stereocenters. The Bertz CT molecular complexity index is 1620. The number of piperazine rings is 1. The van der Waals surface area contributed by atoms with E-state index in [4.69, 9.17) is 9.97 Å². The predicted octanol–water partition coefficient (Wildman–Crippen LogP) is 5.74. The summed E-state index contributed by atoms with van der Waals surface area (Å²) in [7, 11) is 0. The van der Waals surface area contributed by atoms with Crippen molar-refractivity contribution in [3.8, 4) is 11.4 Å². The van der Waals surface area contributed by atoms with E-state index in [1.807, 2.05) is 4.90 Å². The molecular weight excluding hydrogens is 496 g/mol. The minimum atomic E-state index is 0.142. The molecule has 7 heteroatoms. The number of anilines is 2. The molecule has 4 heterocycles. The average Bonchev–Trinajstić information content (AvgIpc) is 3.74. The van der Waals surface area contributed by atoms with Gasteiger partial charge in [0.15, 0.2) is 5.82 Å². The van der Waals surface area contributed by atoms with Crippen molar-refractivity contribution < 1.29 is 4.79 Å². The van der Waals surface area contributed by atoms with Crippen LogP contribution in [0.15, 0.2) is 42.6 Å². The van der Waals surface area contributed by atoms with Gasteiger partial charge < -0.3 is 19.7 Å². The van der Waals surface area contributed by atoms with Gasteiger partial charge in [0.25, 0.3) is 0 Å². The van der Waals surface area contributed by atoms with Gasteiger partial charge in [-0.15, -0.1) is 0 Å². The summed E-state index contributed by atoms with van der Waals surface area (Å²) in [4.78, 5) is 33.1. The van der Waals surface area contributed by atoms with Crippen LogP contribution in [0.25, 0.3) is 22.3 Å². The van der Waals surface area contributed by atoms with Gasteiger partial charge in [-0.25, -0.2) is 9.97 Å². The minimum Gasteiger partial charge on any atom is -0.366 e. The topological polar surface area (TPSA) is 68.4 Å². The Morgan fingerprint density at radius 1 is 1.02 bits per heavy atom. The van der Waals surface area contributed by atoms with Gasteiger partial charge in [-0.3, -0.25) is 4.79 Å². The van der Waals surface area contributed by atoms with E-state index in [-0.39, 0.29) is 11.9 Å². The number of aromatic amines is 1. The van der Waals surface area contributed by atoms with Crippen molar-refractivity contribution in [1.29, 1.82) is 0 Å². The summed E-state index contributed by atoms with van der Waals surface area (Å²) in [6.45, 7) is 12.2. The van der Waals surface area contributed by atoms with Crippen molar-refractivity contribution in [3.05, 3.63) is 70.5 Å². The summed E-state index contributed by atoms with van der Waals surface area (Å²) in [6.07, 6.45) is 5.56. The summed E-state index contributed by atoms with van der Waals surface area (Å²) in [6, 6.07) is 13.6. The molecule has 2 aliphatic heterocycles. The summed E-state index contributed by atoms with van der Waals surface area (Å²) in [5.41, 5.74) is 9.91. The maximum atomic E-state index is 12.2. The second-order valence-corrected chi connectivity index (χ2v) is 12.0. The first-order valence-corrected chi connectivity index (χ1v) is 14.7. The van der Waals surface area contributed by atoms with Crippen LogP contribution in [0.2, 0.25) is 0 Å². The highest BCUT2D eigenvalue weighted by Gasteiger charge is 2.32. The van der Waals surface area contributed by atoms with E-state index in [2.05, 4.69) is 78.2 Å². The van der Waals surface area contributed by atoms with Crippen LogP contribution >= 0.6 is 0 Å². The van der Waals surface area contributed by atoms with Crippen molar-refractivity contribution in [1.82, 2.24) is 19.9 Å². The van der Waals surface area contributed by atoms with Gasteiger partial charge in [0.05, 0.1) is 5.69 Å². The van der Waals surface area contributed by atoms with Crippen LogP contribution in [-0.2, 0) is 17.8 Å². The van der Waals surface area contributed by atoms with Gasteiger partial charge in [-0.1, -0.05) is 24.3 Å². The van der Waals surface area contributed by atoms with E-state index in [1.54, 1.807) is 6.92 Å². The standard InChI is InChI=1S/C33H38N6O/c1-20-8-9-25(24-10-11-24)16-30(20)38-13-12-28-27(19-38)33(39-15-14-37(23(4)40)18-22(39)3)36-32(35-28)26-6-5-7-29-31(26)21(2)17-34-29/h5-9,16-17,22,24,34H,10-15,18-19H2,1-4H3/t22-/m1/s1. The number of H-pyrrole nitrogens is 1. The third-order valence-electron chi connectivity index (χ3n) is 9.15. The number of carbonyl (C=O) groups is 1. The van der Waals surface area contributed by atoms with E-state index < -0.39 is 0 Å². The number of hydrogen-bond donors (Lipinski definition) is 1. The van der Waals surface area contributed by atoms with Crippen LogP contribution in [-0.4, -0.2) is 58.0 Å². The van der Waals surface area contributed by atoms with Gasteiger partial charge in [0, 0.05) is 86.0 Å². The summed E-state index contributed by atoms with van der Waals surface area (Å²) in [5, 5.41) is 1.19. The van der Waals surface area contributed by atoms with Crippen LogP contribution in [0.4, 0.5) is 11.5 Å². The highest BCUT2D eigenvalue weighted by atomic mass is 16.2. The molecule has 1 N–H and O–H groups in total. The molecule has 1 saturated heterocycles. The Morgan fingerprint density at radius 3 is 2.65 bits per heavy atom. The van der Waals surface area contributed by atoms with Crippen molar-refractivity contribution in [3.63, 3.8) is 0 Å². The maximum Gasteiger partial charge on any atom is 0.219 e. The van der Waals surface area contributed by atoms with Gasteiger partial charge in [-0.2, -0.15) is 0 Å². The smallest absolute Gasteiger partial charge is 0.219 e. The Balaban J connectivity index is 1.33. The fourth-order valence-electron chi connectivity index (χ4n) is 6.70. The predicted molar refractivity (Wildman–Crippen MR) is 161 cm³/mol. The molecule has 2 aromatic heterocycles. The zero-order chi connectivity index (χ0) is 27.5. The molecule has 1 amide bonds. The summed E-state index contributed by atoms with van der Waals surface area (Å²) in [5.74, 6) is 2.70. The summed E-state index contributed by atoms with van der Waals surface area (Å²) < 4.78 is 0. The lowest BCUT2D eigenvalue weighted by molar-refractivity contribution is -0.129.